The van der Waals surface area contributed by atoms with E-state index in [4.69, 9.17) is 4.74 Å². The lowest BCUT2D eigenvalue weighted by Crippen LogP contribution is -2.24. The van der Waals surface area contributed by atoms with Gasteiger partial charge in [0.15, 0.2) is 0 Å². The largest absolute Gasteiger partial charge is 0.390 e. The molecule has 0 spiro atoms. The van der Waals surface area contributed by atoms with Gasteiger partial charge < -0.3 is 14.4 Å². The Morgan fingerprint density at radius 2 is 2.10 bits per heavy atom. The predicted molar refractivity (Wildman–Crippen MR) is 81.6 cm³/mol. The van der Waals surface area contributed by atoms with Gasteiger partial charge in [-0.05, 0) is 31.7 Å². The van der Waals surface area contributed by atoms with Crippen LogP contribution >= 0.6 is 0 Å². The Morgan fingerprint density at radius 1 is 1.33 bits per heavy atom. The number of aryl methyl sites for hydroxylation is 1. The first-order chi connectivity index (χ1) is 10.0. The van der Waals surface area contributed by atoms with Crippen molar-refractivity contribution in [1.82, 2.24) is 9.29 Å². The number of hydrogen-bond acceptors (Lipinski definition) is 4. The maximum atomic E-state index is 12.2. The van der Waals surface area contributed by atoms with E-state index in [0.29, 0.717) is 25.4 Å². The molecule has 0 fully saturated rings. The number of aliphatic hydroxyl groups is 1. The normalized spacial score (nSPS) is 12.0. The third kappa shape index (κ3) is 5.78. The highest BCUT2D eigenvalue weighted by molar-refractivity contribution is 7.89. The molecule has 122 valence electrons. The summed E-state index contributed by atoms with van der Waals surface area (Å²) in [5, 5.41) is 9.27. The van der Waals surface area contributed by atoms with E-state index in [2.05, 4.69) is 4.72 Å². The van der Waals surface area contributed by atoms with Crippen molar-refractivity contribution in [2.45, 2.75) is 50.7 Å². The van der Waals surface area contributed by atoms with Crippen molar-refractivity contribution in [1.29, 1.82) is 0 Å². The number of aromatic nitrogens is 1. The van der Waals surface area contributed by atoms with Gasteiger partial charge in [0.25, 0.3) is 0 Å². The van der Waals surface area contributed by atoms with Crippen LogP contribution in [0.25, 0.3) is 0 Å². The highest BCUT2D eigenvalue weighted by Crippen LogP contribution is 2.15. The Kier molecular flexibility index (Phi) is 7.95. The molecular formula is C14H26N2O4S. The summed E-state index contributed by atoms with van der Waals surface area (Å²) in [6.45, 7) is 3.66. The zero-order valence-electron chi connectivity index (χ0n) is 12.8. The van der Waals surface area contributed by atoms with Crippen molar-refractivity contribution >= 4 is 10.0 Å². The average molecular weight is 318 g/mol. The van der Waals surface area contributed by atoms with Crippen LogP contribution in [0.3, 0.4) is 0 Å². The van der Waals surface area contributed by atoms with Crippen LogP contribution in [0, 0.1) is 0 Å². The number of hydrogen-bond donors (Lipinski definition) is 2. The van der Waals surface area contributed by atoms with Gasteiger partial charge in [0, 0.05) is 38.7 Å². The Bertz CT molecular complexity index is 511. The minimum Gasteiger partial charge on any atom is -0.390 e. The Labute approximate surface area is 127 Å². The number of sulfonamides is 1. The first kappa shape index (κ1) is 18.2. The van der Waals surface area contributed by atoms with Crippen molar-refractivity contribution < 1.29 is 18.3 Å². The average Bonchev–Trinajstić information content (AvgIpc) is 2.87. The number of rotatable bonds is 11. The van der Waals surface area contributed by atoms with E-state index in [1.54, 1.807) is 17.9 Å². The second-order valence-electron chi connectivity index (χ2n) is 4.97. The molecule has 6 nitrogen and oxygen atoms in total. The molecule has 1 rings (SSSR count). The van der Waals surface area contributed by atoms with Crippen LogP contribution in [-0.4, -0.2) is 38.4 Å². The molecule has 0 aliphatic heterocycles. The summed E-state index contributed by atoms with van der Waals surface area (Å²) in [6.07, 6.45) is 5.11. The zero-order chi connectivity index (χ0) is 15.7. The minimum absolute atomic E-state index is 0.160. The van der Waals surface area contributed by atoms with Gasteiger partial charge in [0.1, 0.15) is 0 Å². The summed E-state index contributed by atoms with van der Waals surface area (Å²) in [4.78, 5) is 0.219. The van der Waals surface area contributed by atoms with Gasteiger partial charge in [-0.1, -0.05) is 6.92 Å². The van der Waals surface area contributed by atoms with E-state index in [-0.39, 0.29) is 11.5 Å². The van der Waals surface area contributed by atoms with Crippen molar-refractivity contribution in [3.8, 4) is 0 Å². The Morgan fingerprint density at radius 3 is 2.71 bits per heavy atom. The summed E-state index contributed by atoms with van der Waals surface area (Å²) in [6, 6.07) is 1.53. The number of ether oxygens (including phenoxy) is 1. The number of aliphatic hydroxyl groups excluding tert-OH is 1. The molecule has 0 aromatic carbocycles. The predicted octanol–water partition coefficient (Wildman–Crippen LogP) is 1.49. The van der Waals surface area contributed by atoms with Crippen molar-refractivity contribution in [3.63, 3.8) is 0 Å². The standard InChI is InChI=1S/C14H26N2O4S/c1-3-8-16-11-14(10-13(16)12-17)21(18,19)15-7-5-4-6-9-20-2/h10-11,15,17H,3-9,12H2,1-2H3. The first-order valence-corrected chi connectivity index (χ1v) is 8.82. The summed E-state index contributed by atoms with van der Waals surface area (Å²) >= 11 is 0. The molecule has 1 aromatic rings. The van der Waals surface area contributed by atoms with Crippen LogP contribution in [-0.2, 0) is 27.9 Å². The third-order valence-corrected chi connectivity index (χ3v) is 4.64. The number of nitrogens with one attached hydrogen (secondary N) is 1. The molecule has 0 atom stereocenters. The second kappa shape index (κ2) is 9.19. The fourth-order valence-corrected chi connectivity index (χ4v) is 3.23. The molecule has 0 aliphatic carbocycles. The lowest BCUT2D eigenvalue weighted by Gasteiger charge is -2.05. The van der Waals surface area contributed by atoms with Gasteiger partial charge in [-0.15, -0.1) is 0 Å². The number of unbranched alkanes of at least 4 members (excludes halogenated alkanes) is 2. The molecule has 0 saturated carbocycles. The topological polar surface area (TPSA) is 80.6 Å². The van der Waals surface area contributed by atoms with E-state index in [1.165, 1.54) is 6.07 Å². The number of methoxy groups -OCH3 is 1. The van der Waals surface area contributed by atoms with Crippen molar-refractivity contribution in [2.75, 3.05) is 20.3 Å². The zero-order valence-corrected chi connectivity index (χ0v) is 13.7. The van der Waals surface area contributed by atoms with E-state index in [0.717, 1.165) is 25.7 Å². The maximum absolute atomic E-state index is 12.2. The third-order valence-electron chi connectivity index (χ3n) is 3.21. The van der Waals surface area contributed by atoms with E-state index in [1.807, 2.05) is 6.92 Å². The van der Waals surface area contributed by atoms with Gasteiger partial charge in [-0.25, -0.2) is 13.1 Å². The lowest BCUT2D eigenvalue weighted by atomic mass is 10.2. The molecule has 0 saturated heterocycles. The minimum atomic E-state index is -3.50. The lowest BCUT2D eigenvalue weighted by molar-refractivity contribution is 0.192. The van der Waals surface area contributed by atoms with Crippen LogP contribution in [0.2, 0.25) is 0 Å². The smallest absolute Gasteiger partial charge is 0.242 e. The summed E-state index contributed by atoms with van der Waals surface area (Å²) < 4.78 is 33.7. The van der Waals surface area contributed by atoms with Gasteiger partial charge in [0.2, 0.25) is 10.0 Å². The molecule has 21 heavy (non-hydrogen) atoms. The monoisotopic (exact) mass is 318 g/mol. The maximum Gasteiger partial charge on any atom is 0.242 e. The van der Waals surface area contributed by atoms with Crippen LogP contribution in [0.15, 0.2) is 17.2 Å². The summed E-state index contributed by atoms with van der Waals surface area (Å²) in [5.41, 5.74) is 0.623. The van der Waals surface area contributed by atoms with Crippen LogP contribution in [0.4, 0.5) is 0 Å². The molecule has 0 radical (unpaired) electrons. The molecule has 0 amide bonds. The summed E-state index contributed by atoms with van der Waals surface area (Å²) in [7, 11) is -1.84. The van der Waals surface area contributed by atoms with Gasteiger partial charge in [0.05, 0.1) is 11.5 Å². The quantitative estimate of drug-likeness (QED) is 0.606. The van der Waals surface area contributed by atoms with Crippen LogP contribution < -0.4 is 4.72 Å². The van der Waals surface area contributed by atoms with Crippen LogP contribution in [0.5, 0.6) is 0 Å². The van der Waals surface area contributed by atoms with E-state index < -0.39 is 10.0 Å². The van der Waals surface area contributed by atoms with Gasteiger partial charge >= 0.3 is 0 Å². The Hall–Kier alpha value is -0.890. The Balaban J connectivity index is 2.57. The number of nitrogens with zero attached hydrogens (tertiary/aromatic N) is 1. The first-order valence-electron chi connectivity index (χ1n) is 7.33. The fraction of sp³-hybridized carbons (Fsp3) is 0.714. The molecular weight excluding hydrogens is 292 g/mol. The molecule has 7 heteroatoms. The summed E-state index contributed by atoms with van der Waals surface area (Å²) in [5.74, 6) is 0. The van der Waals surface area contributed by atoms with Crippen molar-refractivity contribution in [2.24, 2.45) is 0 Å². The molecule has 0 unspecified atom stereocenters. The SMILES string of the molecule is CCCn1cc(S(=O)(=O)NCCCCCOC)cc1CO. The molecule has 1 heterocycles. The fourth-order valence-electron chi connectivity index (χ4n) is 2.09. The van der Waals surface area contributed by atoms with Gasteiger partial charge in [-0.2, -0.15) is 0 Å². The molecule has 0 bridgehead atoms. The second-order valence-corrected chi connectivity index (χ2v) is 6.74. The van der Waals surface area contributed by atoms with E-state index >= 15 is 0 Å². The highest BCUT2D eigenvalue weighted by atomic mass is 32.2. The van der Waals surface area contributed by atoms with Crippen molar-refractivity contribution in [3.05, 3.63) is 18.0 Å². The van der Waals surface area contributed by atoms with E-state index in [9.17, 15) is 13.5 Å². The highest BCUT2D eigenvalue weighted by Gasteiger charge is 2.17. The van der Waals surface area contributed by atoms with Crippen LogP contribution in [0.1, 0.15) is 38.3 Å². The van der Waals surface area contributed by atoms with Gasteiger partial charge in [-0.3, -0.25) is 0 Å². The molecule has 1 aromatic heterocycles. The molecule has 2 N–H and O–H groups in total. The molecule has 0 aliphatic rings.